The predicted octanol–water partition coefficient (Wildman–Crippen LogP) is 3.97. The van der Waals surface area contributed by atoms with Crippen molar-refractivity contribution in [3.8, 4) is 0 Å². The molecule has 0 radical (unpaired) electrons. The van der Waals surface area contributed by atoms with E-state index in [4.69, 9.17) is 4.74 Å². The molecule has 1 atom stereocenters. The topological polar surface area (TPSA) is 74.4 Å². The van der Waals surface area contributed by atoms with Crippen LogP contribution < -0.4 is 5.32 Å². The Morgan fingerprint density at radius 1 is 1.16 bits per heavy atom. The van der Waals surface area contributed by atoms with Crippen molar-refractivity contribution in [3.63, 3.8) is 0 Å². The highest BCUT2D eigenvalue weighted by Gasteiger charge is 2.25. The third-order valence-corrected chi connectivity index (χ3v) is 6.03. The van der Waals surface area contributed by atoms with Crippen molar-refractivity contribution in [2.45, 2.75) is 39.2 Å². The summed E-state index contributed by atoms with van der Waals surface area (Å²) in [4.78, 5) is 30.9. The molecular weight excluding hydrogens is 390 g/mol. The van der Waals surface area contributed by atoms with Crippen LogP contribution in [0.3, 0.4) is 0 Å². The number of anilines is 1. The number of aromatic amines is 1. The van der Waals surface area contributed by atoms with Gasteiger partial charge in [-0.2, -0.15) is 0 Å². The highest BCUT2D eigenvalue weighted by molar-refractivity contribution is 5.96. The lowest BCUT2D eigenvalue weighted by atomic mass is 10.1. The number of nitrogens with zero attached hydrogens (tertiary/aromatic N) is 1. The maximum absolute atomic E-state index is 13.2. The Balaban J connectivity index is 1.48. The van der Waals surface area contributed by atoms with Gasteiger partial charge in [-0.15, -0.1) is 0 Å². The quantitative estimate of drug-likeness (QED) is 0.608. The fraction of sp³-hybridized carbons (Fsp3) is 0.360. The second-order valence-corrected chi connectivity index (χ2v) is 8.24. The molecule has 1 aliphatic rings. The summed E-state index contributed by atoms with van der Waals surface area (Å²) in [5.41, 5.74) is 4.87. The molecule has 2 aromatic carbocycles. The van der Waals surface area contributed by atoms with Crippen molar-refractivity contribution in [2.24, 2.45) is 0 Å². The molecule has 0 spiro atoms. The van der Waals surface area contributed by atoms with Gasteiger partial charge >= 0.3 is 0 Å². The van der Waals surface area contributed by atoms with Gasteiger partial charge in [0.15, 0.2) is 0 Å². The molecule has 4 rings (SSSR count). The van der Waals surface area contributed by atoms with E-state index in [1.807, 2.05) is 62.5 Å². The van der Waals surface area contributed by atoms with Crippen LogP contribution in [0.25, 0.3) is 10.9 Å². The zero-order valence-electron chi connectivity index (χ0n) is 18.1. The third-order valence-electron chi connectivity index (χ3n) is 6.03. The number of rotatable bonds is 7. The normalized spacial score (nSPS) is 15.9. The standard InChI is InChI=1S/C25H29N3O3/c1-17-7-5-11-22(18(17)2)27-24(29)16-28(15-20-8-6-12-31-20)25(30)13-19-14-26-23-10-4-3-9-21(19)23/h3-5,7,9-11,14,20,26H,6,8,12-13,15-16H2,1-2H3,(H,27,29)/t20-/m1/s1. The van der Waals surface area contributed by atoms with Gasteiger partial charge in [0.05, 0.1) is 19.1 Å². The van der Waals surface area contributed by atoms with E-state index in [1.165, 1.54) is 0 Å². The molecule has 31 heavy (non-hydrogen) atoms. The average molecular weight is 420 g/mol. The van der Waals surface area contributed by atoms with Crippen molar-refractivity contribution >= 4 is 28.4 Å². The smallest absolute Gasteiger partial charge is 0.244 e. The molecule has 162 valence electrons. The number of amides is 2. The van der Waals surface area contributed by atoms with E-state index in [-0.39, 0.29) is 30.9 Å². The van der Waals surface area contributed by atoms with Crippen molar-refractivity contribution in [2.75, 3.05) is 25.0 Å². The molecule has 6 heteroatoms. The number of H-pyrrole nitrogens is 1. The van der Waals surface area contributed by atoms with Gasteiger partial charge in [-0.05, 0) is 55.5 Å². The number of carbonyl (C=O) groups excluding carboxylic acids is 2. The zero-order chi connectivity index (χ0) is 21.8. The minimum atomic E-state index is -0.195. The maximum atomic E-state index is 13.2. The molecule has 1 aromatic heterocycles. The van der Waals surface area contributed by atoms with Gasteiger partial charge in [-0.1, -0.05) is 30.3 Å². The fourth-order valence-electron chi connectivity index (χ4n) is 4.09. The molecule has 0 unspecified atom stereocenters. The summed E-state index contributed by atoms with van der Waals surface area (Å²) < 4.78 is 5.74. The molecule has 0 aliphatic carbocycles. The average Bonchev–Trinajstić information content (AvgIpc) is 3.41. The Morgan fingerprint density at radius 2 is 2.00 bits per heavy atom. The molecule has 2 heterocycles. The number of fused-ring (bicyclic) bond motifs is 1. The largest absolute Gasteiger partial charge is 0.376 e. The van der Waals surface area contributed by atoms with Gasteiger partial charge in [-0.3, -0.25) is 9.59 Å². The first-order chi connectivity index (χ1) is 15.0. The number of benzene rings is 2. The lowest BCUT2D eigenvalue weighted by molar-refractivity contribution is -0.135. The van der Waals surface area contributed by atoms with E-state index in [0.29, 0.717) is 13.2 Å². The van der Waals surface area contributed by atoms with Gasteiger partial charge in [0, 0.05) is 35.9 Å². The highest BCUT2D eigenvalue weighted by Crippen LogP contribution is 2.21. The number of aryl methyl sites for hydroxylation is 1. The number of aromatic nitrogens is 1. The van der Waals surface area contributed by atoms with E-state index in [2.05, 4.69) is 10.3 Å². The van der Waals surface area contributed by atoms with E-state index >= 15 is 0 Å². The van der Waals surface area contributed by atoms with Crippen molar-refractivity contribution in [1.82, 2.24) is 9.88 Å². The summed E-state index contributed by atoms with van der Waals surface area (Å²) in [5, 5.41) is 4.00. The van der Waals surface area contributed by atoms with Crippen LogP contribution in [0.1, 0.15) is 29.5 Å². The van der Waals surface area contributed by atoms with Gasteiger partial charge in [0.2, 0.25) is 11.8 Å². The predicted molar refractivity (Wildman–Crippen MR) is 122 cm³/mol. The summed E-state index contributed by atoms with van der Waals surface area (Å²) in [5.74, 6) is -0.268. The Hall–Kier alpha value is -3.12. The molecule has 0 bridgehead atoms. The van der Waals surface area contributed by atoms with Gasteiger partial charge in [0.1, 0.15) is 0 Å². The summed E-state index contributed by atoms with van der Waals surface area (Å²) >= 11 is 0. The van der Waals surface area contributed by atoms with Crippen LogP contribution in [0, 0.1) is 13.8 Å². The number of ether oxygens (including phenoxy) is 1. The number of carbonyl (C=O) groups is 2. The van der Waals surface area contributed by atoms with Crippen LogP contribution in [0.5, 0.6) is 0 Å². The first kappa shape index (κ1) is 21.1. The second kappa shape index (κ2) is 9.35. The van der Waals surface area contributed by atoms with Crippen LogP contribution in [-0.4, -0.2) is 47.5 Å². The van der Waals surface area contributed by atoms with Crippen LogP contribution >= 0.6 is 0 Å². The number of hydrogen-bond acceptors (Lipinski definition) is 3. The Morgan fingerprint density at radius 3 is 2.81 bits per heavy atom. The third kappa shape index (κ3) is 4.97. The monoisotopic (exact) mass is 419 g/mol. The van der Waals surface area contributed by atoms with Crippen LogP contribution in [0.15, 0.2) is 48.7 Å². The Labute approximate surface area is 182 Å². The van der Waals surface area contributed by atoms with Crippen LogP contribution in [0.4, 0.5) is 5.69 Å². The molecule has 1 aliphatic heterocycles. The second-order valence-electron chi connectivity index (χ2n) is 8.24. The number of hydrogen-bond donors (Lipinski definition) is 2. The Bertz CT molecular complexity index is 1080. The zero-order valence-corrected chi connectivity index (χ0v) is 18.1. The molecular formula is C25H29N3O3. The lowest BCUT2D eigenvalue weighted by Gasteiger charge is -2.25. The molecule has 6 nitrogen and oxygen atoms in total. The van der Waals surface area contributed by atoms with E-state index < -0.39 is 0 Å². The van der Waals surface area contributed by atoms with Crippen molar-refractivity contribution < 1.29 is 14.3 Å². The van der Waals surface area contributed by atoms with Crippen molar-refractivity contribution in [1.29, 1.82) is 0 Å². The summed E-state index contributed by atoms with van der Waals surface area (Å²) in [6.07, 6.45) is 4.01. The van der Waals surface area contributed by atoms with E-state index in [1.54, 1.807) is 4.90 Å². The first-order valence-corrected chi connectivity index (χ1v) is 10.8. The Kier molecular flexibility index (Phi) is 6.37. The van der Waals surface area contributed by atoms with Gasteiger partial charge in [-0.25, -0.2) is 0 Å². The van der Waals surface area contributed by atoms with Gasteiger partial charge in [0.25, 0.3) is 0 Å². The minimum Gasteiger partial charge on any atom is -0.376 e. The molecule has 3 aromatic rings. The van der Waals surface area contributed by atoms with E-state index in [9.17, 15) is 9.59 Å². The van der Waals surface area contributed by atoms with Crippen molar-refractivity contribution in [3.05, 3.63) is 65.4 Å². The molecule has 2 amide bonds. The minimum absolute atomic E-state index is 0.00836. The van der Waals surface area contributed by atoms with E-state index in [0.717, 1.165) is 46.1 Å². The SMILES string of the molecule is Cc1cccc(NC(=O)CN(C[C@H]2CCCO2)C(=O)Cc2c[nH]c3ccccc23)c1C. The van der Waals surface area contributed by atoms with Gasteiger partial charge < -0.3 is 19.9 Å². The summed E-state index contributed by atoms with van der Waals surface area (Å²) in [7, 11) is 0. The van der Waals surface area contributed by atoms with Crippen LogP contribution in [0.2, 0.25) is 0 Å². The summed E-state index contributed by atoms with van der Waals surface area (Å²) in [6, 6.07) is 13.7. The fourth-order valence-corrected chi connectivity index (χ4v) is 4.09. The highest BCUT2D eigenvalue weighted by atomic mass is 16.5. The first-order valence-electron chi connectivity index (χ1n) is 10.8. The molecule has 1 saturated heterocycles. The molecule has 0 saturated carbocycles. The lowest BCUT2D eigenvalue weighted by Crippen LogP contribution is -2.43. The molecule has 1 fully saturated rings. The summed E-state index contributed by atoms with van der Waals surface area (Å²) in [6.45, 7) is 5.15. The molecule has 2 N–H and O–H groups in total. The number of nitrogens with one attached hydrogen (secondary N) is 2. The van der Waals surface area contributed by atoms with Crippen LogP contribution in [-0.2, 0) is 20.7 Å². The maximum Gasteiger partial charge on any atom is 0.244 e. The number of para-hydroxylation sites is 1.